The van der Waals surface area contributed by atoms with Gasteiger partial charge in [-0.2, -0.15) is 0 Å². The van der Waals surface area contributed by atoms with Crippen LogP contribution in [0.5, 0.6) is 5.75 Å². The van der Waals surface area contributed by atoms with Gasteiger partial charge in [0.1, 0.15) is 12.4 Å². The number of aliphatic hydroxyl groups excluding tert-OH is 1. The van der Waals surface area contributed by atoms with Crippen LogP contribution in [0.3, 0.4) is 0 Å². The maximum atomic E-state index is 12.3. The summed E-state index contributed by atoms with van der Waals surface area (Å²) in [4.78, 5) is 2.36. The number of benzene rings is 1. The van der Waals surface area contributed by atoms with Crippen LogP contribution in [-0.4, -0.2) is 57.8 Å². The molecule has 2 rings (SSSR count). The van der Waals surface area contributed by atoms with E-state index in [2.05, 4.69) is 9.62 Å². The molecule has 1 atom stereocenters. The molecule has 1 unspecified atom stereocenters. The molecule has 2 N–H and O–H groups in total. The maximum Gasteiger partial charge on any atom is 0.240 e. The second kappa shape index (κ2) is 7.22. The normalized spacial score (nSPS) is 20.4. The summed E-state index contributed by atoms with van der Waals surface area (Å²) in [6.45, 7) is 1.86. The van der Waals surface area contributed by atoms with E-state index in [1.54, 1.807) is 12.1 Å². The summed E-state index contributed by atoms with van der Waals surface area (Å²) >= 11 is 0. The molecule has 0 radical (unpaired) electrons. The Morgan fingerprint density at radius 3 is 2.71 bits per heavy atom. The Hall–Kier alpha value is -1.15. The number of rotatable bonds is 6. The van der Waals surface area contributed by atoms with E-state index in [9.17, 15) is 8.42 Å². The van der Waals surface area contributed by atoms with E-state index in [-0.39, 0.29) is 24.2 Å². The third kappa shape index (κ3) is 4.67. The van der Waals surface area contributed by atoms with Crippen molar-refractivity contribution < 1.29 is 18.3 Å². The molecule has 1 aromatic rings. The number of likely N-dealkylation sites (N-methyl/N-ethyl adjacent to an activating group) is 1. The number of aliphatic hydroxyl groups is 1. The topological polar surface area (TPSA) is 78.9 Å². The first-order valence-electron chi connectivity index (χ1n) is 7.06. The van der Waals surface area contributed by atoms with Crippen LogP contribution in [-0.2, 0) is 10.0 Å². The van der Waals surface area contributed by atoms with Gasteiger partial charge in [-0.25, -0.2) is 13.1 Å². The molecule has 1 heterocycles. The summed E-state index contributed by atoms with van der Waals surface area (Å²) in [5.74, 6) is 0.542. The first kappa shape index (κ1) is 16.2. The molecule has 0 bridgehead atoms. The molecule has 1 fully saturated rings. The van der Waals surface area contributed by atoms with Crippen LogP contribution in [0.2, 0.25) is 0 Å². The van der Waals surface area contributed by atoms with Crippen LogP contribution >= 0.6 is 0 Å². The smallest absolute Gasteiger partial charge is 0.240 e. The minimum absolute atomic E-state index is 0.0425. The molecule has 21 heavy (non-hydrogen) atoms. The maximum absolute atomic E-state index is 12.3. The van der Waals surface area contributed by atoms with Gasteiger partial charge in [0.15, 0.2) is 0 Å². The van der Waals surface area contributed by atoms with E-state index >= 15 is 0 Å². The van der Waals surface area contributed by atoms with Gasteiger partial charge in [0.05, 0.1) is 11.5 Å². The molecule has 0 saturated carbocycles. The minimum Gasteiger partial charge on any atom is -0.491 e. The van der Waals surface area contributed by atoms with Crippen molar-refractivity contribution >= 4 is 10.0 Å². The number of nitrogens with zero attached hydrogens (tertiary/aromatic N) is 1. The Labute approximate surface area is 125 Å². The van der Waals surface area contributed by atoms with E-state index in [0.717, 1.165) is 25.9 Å². The highest BCUT2D eigenvalue weighted by molar-refractivity contribution is 7.89. The summed E-state index contributed by atoms with van der Waals surface area (Å²) in [7, 11) is -1.51. The molecule has 0 aliphatic carbocycles. The number of sulfonamides is 1. The van der Waals surface area contributed by atoms with Crippen LogP contribution in [0.1, 0.15) is 12.8 Å². The van der Waals surface area contributed by atoms with Gasteiger partial charge in [-0.1, -0.05) is 0 Å². The van der Waals surface area contributed by atoms with E-state index in [1.807, 2.05) is 7.05 Å². The third-order valence-electron chi connectivity index (χ3n) is 3.44. The highest BCUT2D eigenvalue weighted by Gasteiger charge is 2.23. The molecular formula is C14H22N2O4S. The second-order valence-electron chi connectivity index (χ2n) is 5.27. The van der Waals surface area contributed by atoms with Gasteiger partial charge < -0.3 is 14.7 Å². The number of hydrogen-bond donors (Lipinski definition) is 2. The van der Waals surface area contributed by atoms with Crippen molar-refractivity contribution in [2.24, 2.45) is 0 Å². The van der Waals surface area contributed by atoms with Gasteiger partial charge in [0.25, 0.3) is 0 Å². The van der Waals surface area contributed by atoms with E-state index in [1.165, 1.54) is 12.1 Å². The van der Waals surface area contributed by atoms with Crippen LogP contribution in [0, 0.1) is 0 Å². The van der Waals surface area contributed by atoms with Gasteiger partial charge in [0, 0.05) is 12.6 Å². The van der Waals surface area contributed by atoms with Gasteiger partial charge in [-0.15, -0.1) is 0 Å². The first-order chi connectivity index (χ1) is 10.0. The molecule has 1 aliphatic heterocycles. The zero-order valence-corrected chi connectivity index (χ0v) is 13.0. The molecule has 7 heteroatoms. The lowest BCUT2D eigenvalue weighted by Gasteiger charge is -2.29. The van der Waals surface area contributed by atoms with Gasteiger partial charge in [-0.05, 0) is 50.7 Å². The van der Waals surface area contributed by atoms with Crippen molar-refractivity contribution in [2.45, 2.75) is 23.8 Å². The number of hydrogen-bond acceptors (Lipinski definition) is 5. The molecule has 1 aliphatic rings. The Balaban J connectivity index is 2.01. The fourth-order valence-electron chi connectivity index (χ4n) is 2.43. The number of piperidine rings is 1. The van der Waals surface area contributed by atoms with Crippen molar-refractivity contribution in [2.75, 3.05) is 33.4 Å². The Bertz CT molecular complexity index is 545. The minimum atomic E-state index is -3.50. The average Bonchev–Trinajstić information content (AvgIpc) is 2.45. The Morgan fingerprint density at radius 1 is 1.38 bits per heavy atom. The summed E-state index contributed by atoms with van der Waals surface area (Å²) in [6.07, 6.45) is 1.86. The fraction of sp³-hybridized carbons (Fsp3) is 0.571. The standard InChI is InChI=1S/C14H22N2O4S/c1-16-8-2-3-12(11-16)15-21(18,19)14-6-4-13(5-7-14)20-10-9-17/h4-7,12,15,17H,2-3,8-11H2,1H3. The fourth-order valence-corrected chi connectivity index (χ4v) is 3.69. The Morgan fingerprint density at radius 2 is 2.10 bits per heavy atom. The van der Waals surface area contributed by atoms with Gasteiger partial charge >= 0.3 is 0 Å². The molecule has 0 spiro atoms. The van der Waals surface area contributed by atoms with Crippen LogP contribution in [0.25, 0.3) is 0 Å². The summed E-state index contributed by atoms with van der Waals surface area (Å²) in [5, 5.41) is 8.68. The van der Waals surface area contributed by atoms with E-state index in [4.69, 9.17) is 9.84 Å². The SMILES string of the molecule is CN1CCCC(NS(=O)(=O)c2ccc(OCCO)cc2)C1. The second-order valence-corrected chi connectivity index (χ2v) is 6.98. The molecule has 118 valence electrons. The quantitative estimate of drug-likeness (QED) is 0.796. The zero-order valence-electron chi connectivity index (χ0n) is 12.2. The number of ether oxygens (including phenoxy) is 1. The monoisotopic (exact) mass is 314 g/mol. The van der Waals surface area contributed by atoms with Gasteiger partial charge in [-0.3, -0.25) is 0 Å². The van der Waals surface area contributed by atoms with Crippen molar-refractivity contribution in [1.82, 2.24) is 9.62 Å². The molecule has 1 aromatic carbocycles. The van der Waals surface area contributed by atoms with Crippen LogP contribution in [0.15, 0.2) is 29.2 Å². The molecule has 0 amide bonds. The zero-order chi connectivity index (χ0) is 15.3. The summed E-state index contributed by atoms with van der Waals surface area (Å²) in [6, 6.07) is 6.18. The lowest BCUT2D eigenvalue weighted by Crippen LogP contribution is -2.46. The summed E-state index contributed by atoms with van der Waals surface area (Å²) < 4.78 is 32.6. The van der Waals surface area contributed by atoms with Crippen molar-refractivity contribution in [3.8, 4) is 5.75 Å². The Kier molecular flexibility index (Phi) is 5.58. The lowest BCUT2D eigenvalue weighted by atomic mass is 10.1. The van der Waals surface area contributed by atoms with Crippen molar-refractivity contribution in [3.63, 3.8) is 0 Å². The molecule has 6 nitrogen and oxygen atoms in total. The van der Waals surface area contributed by atoms with E-state index < -0.39 is 10.0 Å². The number of likely N-dealkylation sites (tertiary alicyclic amines) is 1. The molecular weight excluding hydrogens is 292 g/mol. The van der Waals surface area contributed by atoms with E-state index in [0.29, 0.717) is 5.75 Å². The largest absolute Gasteiger partial charge is 0.491 e. The van der Waals surface area contributed by atoms with Crippen molar-refractivity contribution in [1.29, 1.82) is 0 Å². The average molecular weight is 314 g/mol. The molecule has 0 aromatic heterocycles. The van der Waals surface area contributed by atoms with Crippen LogP contribution in [0.4, 0.5) is 0 Å². The predicted octanol–water partition coefficient (Wildman–Crippen LogP) is 0.430. The summed E-state index contributed by atoms with van der Waals surface area (Å²) in [5.41, 5.74) is 0. The van der Waals surface area contributed by atoms with Gasteiger partial charge in [0.2, 0.25) is 10.0 Å². The first-order valence-corrected chi connectivity index (χ1v) is 8.54. The lowest BCUT2D eigenvalue weighted by molar-refractivity contribution is 0.201. The highest BCUT2D eigenvalue weighted by Crippen LogP contribution is 2.17. The third-order valence-corrected chi connectivity index (χ3v) is 4.98. The van der Waals surface area contributed by atoms with Crippen LogP contribution < -0.4 is 9.46 Å². The number of nitrogens with one attached hydrogen (secondary N) is 1. The van der Waals surface area contributed by atoms with Crippen molar-refractivity contribution in [3.05, 3.63) is 24.3 Å². The predicted molar refractivity (Wildman–Crippen MR) is 79.9 cm³/mol. The molecule has 1 saturated heterocycles. The highest BCUT2D eigenvalue weighted by atomic mass is 32.2.